The second kappa shape index (κ2) is 7.72. The third-order valence-electron chi connectivity index (χ3n) is 4.07. The summed E-state index contributed by atoms with van der Waals surface area (Å²) in [5.74, 6) is -0.618. The number of amides is 1. The van der Waals surface area contributed by atoms with E-state index < -0.39 is 5.97 Å². The number of benzene rings is 1. The molecule has 1 fully saturated rings. The molecule has 3 rings (SSSR count). The van der Waals surface area contributed by atoms with E-state index in [0.29, 0.717) is 5.56 Å². The number of esters is 1. The molecule has 7 nitrogen and oxygen atoms in total. The predicted molar refractivity (Wildman–Crippen MR) is 86.7 cm³/mol. The van der Waals surface area contributed by atoms with Crippen LogP contribution >= 0.6 is 0 Å². The number of ether oxygens (including phenoxy) is 1. The Kier molecular flexibility index (Phi) is 5.20. The van der Waals surface area contributed by atoms with Gasteiger partial charge in [0.1, 0.15) is 12.7 Å². The van der Waals surface area contributed by atoms with Crippen molar-refractivity contribution in [3.8, 4) is 5.69 Å². The maximum Gasteiger partial charge on any atom is 0.338 e. The van der Waals surface area contributed by atoms with Gasteiger partial charge in [0.25, 0.3) is 5.91 Å². The minimum absolute atomic E-state index is 0.121. The zero-order valence-corrected chi connectivity index (χ0v) is 13.4. The van der Waals surface area contributed by atoms with Crippen LogP contribution in [-0.4, -0.2) is 51.2 Å². The predicted octanol–water partition coefficient (Wildman–Crippen LogP) is 1.83. The van der Waals surface area contributed by atoms with Crippen LogP contribution in [0.3, 0.4) is 0 Å². The van der Waals surface area contributed by atoms with Crippen LogP contribution in [0.25, 0.3) is 5.69 Å². The van der Waals surface area contributed by atoms with Crippen molar-refractivity contribution in [2.45, 2.75) is 25.7 Å². The van der Waals surface area contributed by atoms with Crippen LogP contribution in [0.5, 0.6) is 0 Å². The smallest absolute Gasteiger partial charge is 0.338 e. The normalized spacial score (nSPS) is 14.9. The quantitative estimate of drug-likeness (QED) is 0.800. The van der Waals surface area contributed by atoms with Gasteiger partial charge in [-0.05, 0) is 37.1 Å². The minimum Gasteiger partial charge on any atom is -0.452 e. The van der Waals surface area contributed by atoms with E-state index in [1.54, 1.807) is 40.2 Å². The summed E-state index contributed by atoms with van der Waals surface area (Å²) in [6, 6.07) is 6.80. The molecule has 1 amide bonds. The summed E-state index contributed by atoms with van der Waals surface area (Å²) in [7, 11) is 0. The molecule has 126 valence electrons. The Morgan fingerprint density at radius 1 is 1.04 bits per heavy atom. The third kappa shape index (κ3) is 3.98. The van der Waals surface area contributed by atoms with Gasteiger partial charge in [-0.25, -0.2) is 14.5 Å². The van der Waals surface area contributed by atoms with Gasteiger partial charge in [-0.15, -0.1) is 0 Å². The molecule has 0 unspecified atom stereocenters. The van der Waals surface area contributed by atoms with Crippen molar-refractivity contribution < 1.29 is 14.3 Å². The van der Waals surface area contributed by atoms with Crippen LogP contribution < -0.4 is 0 Å². The molecule has 1 aromatic heterocycles. The highest BCUT2D eigenvalue weighted by molar-refractivity contribution is 5.91. The van der Waals surface area contributed by atoms with Crippen molar-refractivity contribution >= 4 is 11.9 Å². The zero-order chi connectivity index (χ0) is 16.8. The first kappa shape index (κ1) is 16.2. The van der Waals surface area contributed by atoms with Crippen LogP contribution in [0, 0.1) is 0 Å². The molecular weight excluding hydrogens is 308 g/mol. The monoisotopic (exact) mass is 328 g/mol. The van der Waals surface area contributed by atoms with Gasteiger partial charge in [-0.2, -0.15) is 5.10 Å². The summed E-state index contributed by atoms with van der Waals surface area (Å²) in [6.07, 6.45) is 7.36. The van der Waals surface area contributed by atoms with Gasteiger partial charge < -0.3 is 9.64 Å². The van der Waals surface area contributed by atoms with Crippen LogP contribution in [0.1, 0.15) is 36.0 Å². The van der Waals surface area contributed by atoms with Gasteiger partial charge >= 0.3 is 5.97 Å². The van der Waals surface area contributed by atoms with Crippen molar-refractivity contribution in [2.24, 2.45) is 0 Å². The topological polar surface area (TPSA) is 77.3 Å². The van der Waals surface area contributed by atoms with E-state index in [-0.39, 0.29) is 12.5 Å². The average molecular weight is 328 g/mol. The van der Waals surface area contributed by atoms with Crippen LogP contribution in [0.2, 0.25) is 0 Å². The highest BCUT2D eigenvalue weighted by Gasteiger charge is 2.17. The van der Waals surface area contributed by atoms with Crippen molar-refractivity contribution in [3.63, 3.8) is 0 Å². The molecule has 0 N–H and O–H groups in total. The third-order valence-corrected chi connectivity index (χ3v) is 4.07. The molecule has 1 saturated heterocycles. The summed E-state index contributed by atoms with van der Waals surface area (Å²) in [6.45, 7) is 1.30. The van der Waals surface area contributed by atoms with Crippen LogP contribution in [0.15, 0.2) is 36.9 Å². The maximum absolute atomic E-state index is 12.1. The number of hydrogen-bond donors (Lipinski definition) is 0. The van der Waals surface area contributed by atoms with E-state index in [1.165, 1.54) is 6.33 Å². The van der Waals surface area contributed by atoms with E-state index >= 15 is 0 Å². The van der Waals surface area contributed by atoms with E-state index in [0.717, 1.165) is 44.5 Å². The first-order valence-electron chi connectivity index (χ1n) is 8.14. The summed E-state index contributed by atoms with van der Waals surface area (Å²) in [4.78, 5) is 29.9. The summed E-state index contributed by atoms with van der Waals surface area (Å²) in [5, 5.41) is 4.02. The minimum atomic E-state index is -0.497. The Labute approximate surface area is 140 Å². The molecule has 0 saturated carbocycles. The summed E-state index contributed by atoms with van der Waals surface area (Å²) < 4.78 is 6.74. The van der Waals surface area contributed by atoms with Gasteiger partial charge in [-0.1, -0.05) is 12.8 Å². The fourth-order valence-electron chi connectivity index (χ4n) is 2.71. The van der Waals surface area contributed by atoms with Crippen molar-refractivity contribution in [3.05, 3.63) is 42.5 Å². The largest absolute Gasteiger partial charge is 0.452 e. The lowest BCUT2D eigenvalue weighted by Crippen LogP contribution is -2.35. The lowest BCUT2D eigenvalue weighted by atomic mass is 10.2. The Morgan fingerprint density at radius 2 is 1.75 bits per heavy atom. The van der Waals surface area contributed by atoms with E-state index in [9.17, 15) is 9.59 Å². The standard InChI is InChI=1S/C17H20N4O3/c22-16(20-9-3-1-2-4-10-20)11-24-17(23)14-5-7-15(8-6-14)21-13-18-12-19-21/h5-8,12-13H,1-4,9-11H2. The Balaban J connectivity index is 1.54. The highest BCUT2D eigenvalue weighted by Crippen LogP contribution is 2.11. The lowest BCUT2D eigenvalue weighted by Gasteiger charge is -2.19. The number of nitrogens with zero attached hydrogens (tertiary/aromatic N) is 4. The number of likely N-dealkylation sites (tertiary alicyclic amines) is 1. The first-order valence-corrected chi connectivity index (χ1v) is 8.14. The van der Waals surface area contributed by atoms with E-state index in [4.69, 9.17) is 4.74 Å². The highest BCUT2D eigenvalue weighted by atomic mass is 16.5. The van der Waals surface area contributed by atoms with E-state index in [1.807, 2.05) is 0 Å². The molecular formula is C17H20N4O3. The lowest BCUT2D eigenvalue weighted by molar-refractivity contribution is -0.134. The number of carbonyl (C=O) groups is 2. The molecule has 1 aliphatic rings. The maximum atomic E-state index is 12.1. The van der Waals surface area contributed by atoms with Crippen LogP contribution in [-0.2, 0) is 9.53 Å². The Hall–Kier alpha value is -2.70. The molecule has 0 atom stereocenters. The van der Waals surface area contributed by atoms with Gasteiger partial charge in [-0.3, -0.25) is 4.79 Å². The Morgan fingerprint density at radius 3 is 2.38 bits per heavy atom. The fraction of sp³-hybridized carbons (Fsp3) is 0.412. The SMILES string of the molecule is O=C(OCC(=O)N1CCCCCC1)c1ccc(-n2cncn2)cc1. The second-order valence-corrected chi connectivity index (χ2v) is 5.76. The molecule has 0 bridgehead atoms. The average Bonchev–Trinajstić information content (AvgIpc) is 3.02. The number of aromatic nitrogens is 3. The molecule has 7 heteroatoms. The summed E-state index contributed by atoms with van der Waals surface area (Å²) >= 11 is 0. The number of hydrogen-bond acceptors (Lipinski definition) is 5. The molecule has 0 aliphatic carbocycles. The summed E-state index contributed by atoms with van der Waals surface area (Å²) in [5.41, 5.74) is 1.20. The van der Waals surface area contributed by atoms with Crippen molar-refractivity contribution in [1.29, 1.82) is 0 Å². The van der Waals surface area contributed by atoms with Gasteiger partial charge in [0.05, 0.1) is 11.3 Å². The Bertz CT molecular complexity index is 674. The molecule has 1 aliphatic heterocycles. The molecule has 0 radical (unpaired) electrons. The van der Waals surface area contributed by atoms with Crippen molar-refractivity contribution in [2.75, 3.05) is 19.7 Å². The second-order valence-electron chi connectivity index (χ2n) is 5.76. The number of carbonyl (C=O) groups excluding carboxylic acids is 2. The van der Waals surface area contributed by atoms with E-state index in [2.05, 4.69) is 10.1 Å². The fourth-order valence-corrected chi connectivity index (χ4v) is 2.71. The van der Waals surface area contributed by atoms with Gasteiger partial charge in [0.2, 0.25) is 0 Å². The van der Waals surface area contributed by atoms with Crippen LogP contribution in [0.4, 0.5) is 0 Å². The van der Waals surface area contributed by atoms with Gasteiger partial charge in [0.15, 0.2) is 6.61 Å². The first-order chi connectivity index (χ1) is 11.7. The molecule has 24 heavy (non-hydrogen) atoms. The van der Waals surface area contributed by atoms with Gasteiger partial charge in [0, 0.05) is 13.1 Å². The molecule has 1 aromatic carbocycles. The number of rotatable bonds is 4. The van der Waals surface area contributed by atoms with Crippen molar-refractivity contribution in [1.82, 2.24) is 19.7 Å². The zero-order valence-electron chi connectivity index (χ0n) is 13.4. The molecule has 2 aromatic rings. The molecule has 0 spiro atoms. The molecule has 2 heterocycles.